The van der Waals surface area contributed by atoms with Crippen LogP contribution in [-0.2, 0) is 0 Å². The minimum atomic E-state index is -0.791. The van der Waals surface area contributed by atoms with Gasteiger partial charge < -0.3 is 10.5 Å². The van der Waals surface area contributed by atoms with Crippen molar-refractivity contribution in [1.29, 1.82) is 0 Å². The highest BCUT2D eigenvalue weighted by atomic mass is 79.9. The van der Waals surface area contributed by atoms with E-state index in [1.807, 2.05) is 6.92 Å². The molecule has 0 bridgehead atoms. The minimum absolute atomic E-state index is 0.0732. The molecule has 0 aliphatic rings. The monoisotopic (exact) mass is 341 g/mol. The number of hydrogen-bond donors (Lipinski definition) is 1. The molecular weight excluding hydrogens is 328 g/mol. The summed E-state index contributed by atoms with van der Waals surface area (Å²) in [5.74, 6) is -0.534. The first-order valence-electron chi connectivity index (χ1n) is 6.16. The van der Waals surface area contributed by atoms with Gasteiger partial charge in [0.15, 0.2) is 0 Å². The Labute approximate surface area is 124 Å². The van der Waals surface area contributed by atoms with Gasteiger partial charge in [0, 0.05) is 11.1 Å². The van der Waals surface area contributed by atoms with Crippen LogP contribution in [0.25, 0.3) is 0 Å². The SMILES string of the molecule is CCOc1ccccc1C(N)c1cc(F)c(Br)cc1F. The van der Waals surface area contributed by atoms with Crippen molar-refractivity contribution in [3.8, 4) is 5.75 Å². The van der Waals surface area contributed by atoms with Crippen LogP contribution in [0.1, 0.15) is 24.1 Å². The molecule has 0 amide bonds. The molecule has 2 aromatic carbocycles. The first kappa shape index (κ1) is 14.9. The van der Waals surface area contributed by atoms with Crippen LogP contribution in [0.2, 0.25) is 0 Å². The molecule has 5 heteroatoms. The van der Waals surface area contributed by atoms with Crippen LogP contribution in [-0.4, -0.2) is 6.61 Å². The number of halogens is 3. The van der Waals surface area contributed by atoms with E-state index in [4.69, 9.17) is 10.5 Å². The van der Waals surface area contributed by atoms with Gasteiger partial charge in [-0.2, -0.15) is 0 Å². The van der Waals surface area contributed by atoms with Crippen LogP contribution in [0.15, 0.2) is 40.9 Å². The first-order chi connectivity index (χ1) is 9.54. The Morgan fingerprint density at radius 1 is 1.15 bits per heavy atom. The summed E-state index contributed by atoms with van der Waals surface area (Å²) in [5, 5.41) is 0. The zero-order valence-corrected chi connectivity index (χ0v) is 12.5. The summed E-state index contributed by atoms with van der Waals surface area (Å²) in [6.45, 7) is 2.32. The Balaban J connectivity index is 2.46. The molecule has 0 aliphatic heterocycles. The van der Waals surface area contributed by atoms with Crippen LogP contribution < -0.4 is 10.5 Å². The molecule has 2 aromatic rings. The van der Waals surface area contributed by atoms with Gasteiger partial charge in [-0.05, 0) is 41.1 Å². The van der Waals surface area contributed by atoms with E-state index < -0.39 is 17.7 Å². The Hall–Kier alpha value is -1.46. The highest BCUT2D eigenvalue weighted by molar-refractivity contribution is 9.10. The van der Waals surface area contributed by atoms with E-state index >= 15 is 0 Å². The van der Waals surface area contributed by atoms with E-state index in [-0.39, 0.29) is 10.0 Å². The Morgan fingerprint density at radius 2 is 1.85 bits per heavy atom. The summed E-state index contributed by atoms with van der Waals surface area (Å²) in [5.41, 5.74) is 6.78. The third kappa shape index (κ3) is 2.99. The van der Waals surface area contributed by atoms with Gasteiger partial charge in [0.05, 0.1) is 17.1 Å². The maximum absolute atomic E-state index is 14.0. The molecule has 0 saturated heterocycles. The van der Waals surface area contributed by atoms with Gasteiger partial charge in [-0.25, -0.2) is 8.78 Å². The number of rotatable bonds is 4. The lowest BCUT2D eigenvalue weighted by Gasteiger charge is -2.17. The lowest BCUT2D eigenvalue weighted by atomic mass is 9.98. The maximum Gasteiger partial charge on any atom is 0.137 e. The molecule has 0 aromatic heterocycles. The number of hydrogen-bond acceptors (Lipinski definition) is 2. The molecule has 106 valence electrons. The fraction of sp³-hybridized carbons (Fsp3) is 0.200. The predicted octanol–water partition coefficient (Wildman–Crippen LogP) is 4.17. The van der Waals surface area contributed by atoms with Crippen LogP contribution in [0.5, 0.6) is 5.75 Å². The highest BCUT2D eigenvalue weighted by Crippen LogP contribution is 2.31. The molecule has 1 atom stereocenters. The number of nitrogens with two attached hydrogens (primary N) is 1. The predicted molar refractivity (Wildman–Crippen MR) is 77.7 cm³/mol. The number of ether oxygens (including phenoxy) is 1. The van der Waals surface area contributed by atoms with Crippen molar-refractivity contribution in [2.45, 2.75) is 13.0 Å². The van der Waals surface area contributed by atoms with Gasteiger partial charge in [-0.1, -0.05) is 18.2 Å². The smallest absolute Gasteiger partial charge is 0.137 e. The molecule has 20 heavy (non-hydrogen) atoms. The third-order valence-electron chi connectivity index (χ3n) is 2.93. The molecule has 0 heterocycles. The topological polar surface area (TPSA) is 35.2 Å². The van der Waals surface area contributed by atoms with Crippen LogP contribution in [0.3, 0.4) is 0 Å². The van der Waals surface area contributed by atoms with Crippen molar-refractivity contribution < 1.29 is 13.5 Å². The van der Waals surface area contributed by atoms with Gasteiger partial charge in [0.25, 0.3) is 0 Å². The molecule has 0 radical (unpaired) electrons. The minimum Gasteiger partial charge on any atom is -0.494 e. The summed E-state index contributed by atoms with van der Waals surface area (Å²) in [7, 11) is 0. The third-order valence-corrected chi connectivity index (χ3v) is 3.54. The van der Waals surface area contributed by atoms with Gasteiger partial charge in [-0.15, -0.1) is 0 Å². The van der Waals surface area contributed by atoms with Gasteiger partial charge in [-0.3, -0.25) is 0 Å². The van der Waals surface area contributed by atoms with Crippen molar-refractivity contribution in [1.82, 2.24) is 0 Å². The molecule has 2 rings (SSSR count). The average molecular weight is 342 g/mol. The Kier molecular flexibility index (Phi) is 4.73. The Bertz CT molecular complexity index is 619. The zero-order chi connectivity index (χ0) is 14.7. The van der Waals surface area contributed by atoms with Crippen molar-refractivity contribution in [2.75, 3.05) is 6.61 Å². The maximum atomic E-state index is 14.0. The quantitative estimate of drug-likeness (QED) is 0.847. The number of para-hydroxylation sites is 1. The fourth-order valence-electron chi connectivity index (χ4n) is 1.97. The summed E-state index contributed by atoms with van der Waals surface area (Å²) >= 11 is 2.94. The summed E-state index contributed by atoms with van der Waals surface area (Å²) in [6.07, 6.45) is 0. The molecule has 1 unspecified atom stereocenters. The van der Waals surface area contributed by atoms with Crippen LogP contribution >= 0.6 is 15.9 Å². The normalized spacial score (nSPS) is 12.2. The average Bonchev–Trinajstić information content (AvgIpc) is 2.43. The molecule has 0 spiro atoms. The number of benzene rings is 2. The second kappa shape index (κ2) is 6.33. The Morgan fingerprint density at radius 3 is 2.55 bits per heavy atom. The molecule has 2 N–H and O–H groups in total. The van der Waals surface area contributed by atoms with Gasteiger partial charge in [0.1, 0.15) is 17.4 Å². The molecule has 0 aliphatic carbocycles. The second-order valence-corrected chi connectivity index (χ2v) is 5.09. The van der Waals surface area contributed by atoms with E-state index in [1.165, 1.54) is 0 Å². The van der Waals surface area contributed by atoms with Crippen molar-refractivity contribution in [3.05, 3.63) is 63.6 Å². The zero-order valence-electron chi connectivity index (χ0n) is 10.9. The summed E-state index contributed by atoms with van der Waals surface area (Å²) in [4.78, 5) is 0. The first-order valence-corrected chi connectivity index (χ1v) is 6.95. The van der Waals surface area contributed by atoms with Gasteiger partial charge in [0.2, 0.25) is 0 Å². The second-order valence-electron chi connectivity index (χ2n) is 4.24. The lowest BCUT2D eigenvalue weighted by Crippen LogP contribution is -2.15. The van der Waals surface area contributed by atoms with Crippen LogP contribution in [0, 0.1) is 11.6 Å². The van der Waals surface area contributed by atoms with Gasteiger partial charge >= 0.3 is 0 Å². The van der Waals surface area contributed by atoms with Crippen molar-refractivity contribution >= 4 is 15.9 Å². The van der Waals surface area contributed by atoms with E-state index in [9.17, 15) is 8.78 Å². The lowest BCUT2D eigenvalue weighted by molar-refractivity contribution is 0.335. The molecule has 2 nitrogen and oxygen atoms in total. The van der Waals surface area contributed by atoms with Crippen LogP contribution in [0.4, 0.5) is 8.78 Å². The standard InChI is InChI=1S/C15H14BrF2NO/c1-2-20-14-6-4-3-5-9(14)15(19)10-7-13(18)11(16)8-12(10)17/h3-8,15H,2,19H2,1H3. The van der Waals surface area contributed by atoms with E-state index in [0.29, 0.717) is 17.9 Å². The molecular formula is C15H14BrF2NO. The summed E-state index contributed by atoms with van der Waals surface area (Å²) in [6, 6.07) is 8.48. The van der Waals surface area contributed by atoms with E-state index in [1.54, 1.807) is 24.3 Å². The van der Waals surface area contributed by atoms with E-state index in [0.717, 1.165) is 12.1 Å². The fourth-order valence-corrected chi connectivity index (χ4v) is 2.28. The molecule has 0 fully saturated rings. The van der Waals surface area contributed by atoms with E-state index in [2.05, 4.69) is 15.9 Å². The van der Waals surface area contributed by atoms with Crippen molar-refractivity contribution in [3.63, 3.8) is 0 Å². The summed E-state index contributed by atoms with van der Waals surface area (Å²) < 4.78 is 33.1. The highest BCUT2D eigenvalue weighted by Gasteiger charge is 2.19. The van der Waals surface area contributed by atoms with Crippen molar-refractivity contribution in [2.24, 2.45) is 5.73 Å². The largest absolute Gasteiger partial charge is 0.494 e. The molecule has 0 saturated carbocycles.